The maximum atomic E-state index is 12.8. The number of carboxylic acids is 1. The van der Waals surface area contributed by atoms with Crippen molar-refractivity contribution in [1.29, 1.82) is 0 Å². The topological polar surface area (TPSA) is 149 Å². The van der Waals surface area contributed by atoms with Gasteiger partial charge < -0.3 is 15.5 Å². The van der Waals surface area contributed by atoms with Crippen LogP contribution in [0.2, 0.25) is 0 Å². The second kappa shape index (κ2) is 8.73. The molecular weight excluding hydrogens is 442 g/mol. The van der Waals surface area contributed by atoms with Gasteiger partial charge in [0.2, 0.25) is 0 Å². The lowest BCUT2D eigenvalue weighted by molar-refractivity contribution is -0.151. The van der Waals surface area contributed by atoms with Gasteiger partial charge in [0.05, 0.1) is 6.20 Å². The van der Waals surface area contributed by atoms with Gasteiger partial charge in [-0.1, -0.05) is 47.3 Å². The number of H-pyrrole nitrogens is 1. The summed E-state index contributed by atoms with van der Waals surface area (Å²) in [7, 11) is 0. The number of carbonyl (C=O) groups excluding carboxylic acids is 2. The molecule has 1 aromatic carbocycles. The predicted molar refractivity (Wildman–Crippen MR) is 113 cm³/mol. The van der Waals surface area contributed by atoms with Gasteiger partial charge in [-0.3, -0.25) is 19.6 Å². The van der Waals surface area contributed by atoms with Crippen LogP contribution in [0, 0.1) is 0 Å². The molecule has 4 rings (SSSR count). The number of rotatable bonds is 7. The molecule has 3 unspecified atom stereocenters. The Bertz CT molecular complexity index is 1030. The van der Waals surface area contributed by atoms with Crippen molar-refractivity contribution in [2.24, 2.45) is 0 Å². The second-order valence-electron chi connectivity index (χ2n) is 6.97. The van der Waals surface area contributed by atoms with E-state index < -0.39 is 35.3 Å². The molecule has 4 N–H and O–H groups in total. The Morgan fingerprint density at radius 1 is 1.35 bits per heavy atom. The van der Waals surface area contributed by atoms with Crippen LogP contribution in [0.3, 0.4) is 0 Å². The Balaban J connectivity index is 1.49. The lowest BCUT2D eigenvalue weighted by atomic mass is 10.0. The van der Waals surface area contributed by atoms with E-state index in [1.54, 1.807) is 36.5 Å². The van der Waals surface area contributed by atoms with Gasteiger partial charge in [0.15, 0.2) is 6.10 Å². The number of carbonyl (C=O) groups is 3. The molecule has 12 heteroatoms. The summed E-state index contributed by atoms with van der Waals surface area (Å²) < 4.78 is 0. The minimum atomic E-state index is -1.42. The lowest BCUT2D eigenvalue weighted by Gasteiger charge is -2.50. The maximum Gasteiger partial charge on any atom is 0.352 e. The highest BCUT2D eigenvalue weighted by atomic mass is 32.2. The van der Waals surface area contributed by atoms with E-state index in [4.69, 9.17) is 0 Å². The number of nitrogens with one attached hydrogen (secondary N) is 2. The first-order valence-electron chi connectivity index (χ1n) is 9.35. The Labute approximate surface area is 185 Å². The number of aliphatic carboxylic acids is 1. The van der Waals surface area contributed by atoms with Gasteiger partial charge in [-0.25, -0.2) is 4.79 Å². The monoisotopic (exact) mass is 461 g/mol. The van der Waals surface area contributed by atoms with Crippen molar-refractivity contribution in [3.63, 3.8) is 0 Å². The molecule has 1 aromatic heterocycles. The summed E-state index contributed by atoms with van der Waals surface area (Å²) in [6, 6.07) is 7.48. The zero-order chi connectivity index (χ0) is 22.1. The van der Waals surface area contributed by atoms with E-state index in [2.05, 4.69) is 20.7 Å². The van der Waals surface area contributed by atoms with Crippen molar-refractivity contribution in [1.82, 2.24) is 25.6 Å². The summed E-state index contributed by atoms with van der Waals surface area (Å²) >= 11 is 2.74. The van der Waals surface area contributed by atoms with Crippen molar-refractivity contribution < 1.29 is 24.6 Å². The molecule has 3 heterocycles. The first kappa shape index (κ1) is 21.4. The fourth-order valence-electron chi connectivity index (χ4n) is 3.48. The second-order valence-corrected chi connectivity index (χ2v) is 9.46. The van der Waals surface area contributed by atoms with Crippen LogP contribution in [0.1, 0.15) is 18.6 Å². The quantitative estimate of drug-likeness (QED) is 0.346. The lowest BCUT2D eigenvalue weighted by Crippen LogP contribution is -2.71. The first-order chi connectivity index (χ1) is 14.9. The van der Waals surface area contributed by atoms with Crippen LogP contribution in [0.25, 0.3) is 0 Å². The third kappa shape index (κ3) is 4.05. The highest BCUT2D eigenvalue weighted by molar-refractivity contribution is 8.01. The predicted octanol–water partition coefficient (Wildman–Crippen LogP) is 0.757. The maximum absolute atomic E-state index is 12.8. The smallest absolute Gasteiger partial charge is 0.352 e. The van der Waals surface area contributed by atoms with Crippen molar-refractivity contribution in [3.8, 4) is 0 Å². The van der Waals surface area contributed by atoms with Crippen molar-refractivity contribution in [3.05, 3.63) is 53.4 Å². The van der Waals surface area contributed by atoms with Gasteiger partial charge in [-0.2, -0.15) is 0 Å². The van der Waals surface area contributed by atoms with E-state index in [9.17, 15) is 24.6 Å². The number of aliphatic hydroxyl groups is 1. The number of hydrogen-bond donors (Lipinski definition) is 4. The highest BCUT2D eigenvalue weighted by Crippen LogP contribution is 2.43. The molecule has 2 amide bonds. The van der Waals surface area contributed by atoms with E-state index in [-0.39, 0.29) is 10.9 Å². The zero-order valence-corrected chi connectivity index (χ0v) is 17.9. The molecule has 0 saturated carbocycles. The third-order valence-electron chi connectivity index (χ3n) is 5.05. The Morgan fingerprint density at radius 2 is 2.10 bits per heavy atom. The fourth-order valence-corrected chi connectivity index (χ4v) is 5.98. The summed E-state index contributed by atoms with van der Waals surface area (Å²) in [4.78, 5) is 38.4. The van der Waals surface area contributed by atoms with E-state index in [1.807, 2.05) is 6.92 Å². The first-order valence-corrected chi connectivity index (χ1v) is 11.3. The molecule has 1 saturated heterocycles. The summed E-state index contributed by atoms with van der Waals surface area (Å²) in [5, 5.41) is 32.6. The number of aliphatic hydroxyl groups excluding tert-OH is 1. The molecule has 2 aromatic rings. The fraction of sp³-hybridized carbons (Fsp3) is 0.316. The van der Waals surface area contributed by atoms with Crippen LogP contribution in [-0.2, 0) is 14.4 Å². The molecule has 2 aliphatic heterocycles. The molecule has 0 bridgehead atoms. The summed E-state index contributed by atoms with van der Waals surface area (Å²) in [6.07, 6.45) is 0.125. The minimum absolute atomic E-state index is 0.0599. The molecule has 31 heavy (non-hydrogen) atoms. The van der Waals surface area contributed by atoms with Crippen LogP contribution in [0.5, 0.6) is 0 Å². The Kier molecular flexibility index (Phi) is 6.03. The van der Waals surface area contributed by atoms with Crippen LogP contribution in [0.4, 0.5) is 0 Å². The number of benzene rings is 1. The van der Waals surface area contributed by atoms with Gasteiger partial charge in [0.25, 0.3) is 11.8 Å². The SMILES string of the molecule is CC(Sc1cnn[nH]1)C1=C(C(=O)O)N2C(=O)C(NC(=O)C(O)c3ccccc3)[C@@H]2SC1. The van der Waals surface area contributed by atoms with Gasteiger partial charge in [-0.15, -0.1) is 16.9 Å². The molecule has 0 spiro atoms. The largest absolute Gasteiger partial charge is 0.477 e. The average Bonchev–Trinajstić information content (AvgIpc) is 3.29. The molecule has 0 aliphatic carbocycles. The van der Waals surface area contributed by atoms with E-state index in [0.717, 1.165) is 0 Å². The summed E-state index contributed by atoms with van der Waals surface area (Å²) in [6.45, 7) is 1.85. The standard InChI is InChI=1S/C19H19N5O5S2/c1-9(31-12-7-20-23-22-12)11-8-30-18-13(17(27)24(18)14(11)19(28)29)21-16(26)15(25)10-5-3-2-4-6-10/h2-7,9,13,15,18,25H,8H2,1H3,(H,21,26)(H,28,29)(H,20,22,23)/t9?,13?,15?,18-/m0/s1. The van der Waals surface area contributed by atoms with Gasteiger partial charge in [0, 0.05) is 11.0 Å². The number of nitrogens with zero attached hydrogens (tertiary/aromatic N) is 3. The number of fused-ring (bicyclic) bond motifs is 1. The molecule has 10 nitrogen and oxygen atoms in total. The van der Waals surface area contributed by atoms with Gasteiger partial charge >= 0.3 is 5.97 Å². The van der Waals surface area contributed by atoms with Crippen molar-refractivity contribution in [2.45, 2.75) is 34.7 Å². The highest BCUT2D eigenvalue weighted by Gasteiger charge is 2.54. The molecule has 4 atom stereocenters. The number of carboxylic acid groups (broad SMARTS) is 1. The van der Waals surface area contributed by atoms with Crippen LogP contribution < -0.4 is 5.32 Å². The summed E-state index contributed by atoms with van der Waals surface area (Å²) in [5.74, 6) is -2.02. The van der Waals surface area contributed by atoms with Gasteiger partial charge in [0.1, 0.15) is 22.1 Å². The van der Waals surface area contributed by atoms with Crippen LogP contribution >= 0.6 is 23.5 Å². The number of aromatic amines is 1. The zero-order valence-electron chi connectivity index (χ0n) is 16.3. The minimum Gasteiger partial charge on any atom is -0.477 e. The summed E-state index contributed by atoms with van der Waals surface area (Å²) in [5.41, 5.74) is 0.957. The molecular formula is C19H19N5O5S2. The van der Waals surface area contributed by atoms with Crippen LogP contribution in [0.15, 0.2) is 52.8 Å². The Morgan fingerprint density at radius 3 is 2.74 bits per heavy atom. The molecule has 0 radical (unpaired) electrons. The average molecular weight is 462 g/mol. The number of hydrogen-bond acceptors (Lipinski definition) is 8. The Hall–Kier alpha value is -2.83. The number of thioether (sulfide) groups is 2. The van der Waals surface area contributed by atoms with E-state index in [0.29, 0.717) is 21.9 Å². The van der Waals surface area contributed by atoms with Crippen molar-refractivity contribution >= 4 is 41.3 Å². The number of aromatic nitrogens is 3. The number of β-lactam (4-membered cyclic amide) rings is 1. The third-order valence-corrected chi connectivity index (χ3v) is 7.44. The number of amides is 2. The molecule has 1 fully saturated rings. The molecule has 2 aliphatic rings. The normalized spacial score (nSPS) is 22.4. The van der Waals surface area contributed by atoms with Crippen molar-refractivity contribution in [2.75, 3.05) is 5.75 Å². The van der Waals surface area contributed by atoms with Gasteiger partial charge in [-0.05, 0) is 18.1 Å². The van der Waals surface area contributed by atoms with E-state index >= 15 is 0 Å². The van der Waals surface area contributed by atoms with Crippen LogP contribution in [-0.4, -0.2) is 70.7 Å². The van der Waals surface area contributed by atoms with E-state index in [1.165, 1.54) is 28.4 Å². The molecule has 162 valence electrons.